The third kappa shape index (κ3) is 3.76. The van der Waals surface area contributed by atoms with E-state index in [0.29, 0.717) is 29.2 Å². The molecule has 0 aliphatic heterocycles. The Morgan fingerprint density at radius 2 is 2.04 bits per heavy atom. The highest BCUT2D eigenvalue weighted by atomic mass is 16.5. The molecule has 25 heavy (non-hydrogen) atoms. The molecule has 1 heterocycles. The SMILES string of the molecule is COc1ccc(OC)c(-c2cc(C(=O)N[C@@H]3CCCC[C@@H]3O)no2)c1. The van der Waals surface area contributed by atoms with E-state index in [1.54, 1.807) is 38.5 Å². The van der Waals surface area contributed by atoms with Crippen LogP contribution >= 0.6 is 0 Å². The quantitative estimate of drug-likeness (QED) is 0.863. The summed E-state index contributed by atoms with van der Waals surface area (Å²) in [6.45, 7) is 0. The summed E-state index contributed by atoms with van der Waals surface area (Å²) in [4.78, 5) is 12.4. The number of hydrogen-bond acceptors (Lipinski definition) is 6. The molecule has 0 bridgehead atoms. The van der Waals surface area contributed by atoms with Crippen molar-refractivity contribution in [3.63, 3.8) is 0 Å². The van der Waals surface area contributed by atoms with Crippen LogP contribution in [-0.2, 0) is 0 Å². The molecule has 1 amide bonds. The lowest BCUT2D eigenvalue weighted by atomic mass is 9.92. The summed E-state index contributed by atoms with van der Waals surface area (Å²) in [6.07, 6.45) is 2.93. The Morgan fingerprint density at radius 3 is 2.76 bits per heavy atom. The zero-order valence-electron chi connectivity index (χ0n) is 14.3. The van der Waals surface area contributed by atoms with Crippen LogP contribution < -0.4 is 14.8 Å². The summed E-state index contributed by atoms with van der Waals surface area (Å²) in [5.74, 6) is 1.28. The Labute approximate surface area is 145 Å². The molecule has 7 heteroatoms. The maximum atomic E-state index is 12.4. The minimum atomic E-state index is -0.512. The molecule has 1 aliphatic carbocycles. The predicted octanol–water partition coefficient (Wildman–Crippen LogP) is 2.39. The molecule has 1 aromatic heterocycles. The number of hydrogen-bond donors (Lipinski definition) is 2. The van der Waals surface area contributed by atoms with Gasteiger partial charge in [0, 0.05) is 6.07 Å². The predicted molar refractivity (Wildman–Crippen MR) is 90.8 cm³/mol. The van der Waals surface area contributed by atoms with Crippen LogP contribution in [0.15, 0.2) is 28.8 Å². The number of aromatic nitrogens is 1. The summed E-state index contributed by atoms with van der Waals surface area (Å²) in [7, 11) is 3.13. The number of benzene rings is 1. The van der Waals surface area contributed by atoms with Crippen molar-refractivity contribution in [1.82, 2.24) is 10.5 Å². The van der Waals surface area contributed by atoms with E-state index in [2.05, 4.69) is 10.5 Å². The number of ether oxygens (including phenoxy) is 2. The van der Waals surface area contributed by atoms with Gasteiger partial charge in [-0.3, -0.25) is 4.79 Å². The van der Waals surface area contributed by atoms with Crippen LogP contribution in [0.1, 0.15) is 36.2 Å². The lowest BCUT2D eigenvalue weighted by Crippen LogP contribution is -2.45. The maximum Gasteiger partial charge on any atom is 0.273 e. The van der Waals surface area contributed by atoms with Gasteiger partial charge in [0.2, 0.25) is 0 Å². The highest BCUT2D eigenvalue weighted by Crippen LogP contribution is 2.33. The normalized spacial score (nSPS) is 20.1. The lowest BCUT2D eigenvalue weighted by molar-refractivity contribution is 0.0711. The van der Waals surface area contributed by atoms with Gasteiger partial charge in [-0.1, -0.05) is 18.0 Å². The van der Waals surface area contributed by atoms with Gasteiger partial charge in [0.15, 0.2) is 11.5 Å². The van der Waals surface area contributed by atoms with Gasteiger partial charge < -0.3 is 24.4 Å². The number of amides is 1. The van der Waals surface area contributed by atoms with E-state index in [1.165, 1.54) is 0 Å². The Kier molecular flexibility index (Phi) is 5.23. The van der Waals surface area contributed by atoms with Crippen molar-refractivity contribution in [2.45, 2.75) is 37.8 Å². The van der Waals surface area contributed by atoms with E-state index in [4.69, 9.17) is 14.0 Å². The molecule has 1 fully saturated rings. The highest BCUT2D eigenvalue weighted by molar-refractivity contribution is 5.93. The number of methoxy groups -OCH3 is 2. The fourth-order valence-electron chi connectivity index (χ4n) is 3.04. The molecular formula is C18H22N2O5. The Bertz CT molecular complexity index is 743. The summed E-state index contributed by atoms with van der Waals surface area (Å²) >= 11 is 0. The van der Waals surface area contributed by atoms with Gasteiger partial charge in [-0.15, -0.1) is 0 Å². The molecule has 1 saturated carbocycles. The summed E-state index contributed by atoms with van der Waals surface area (Å²) < 4.78 is 15.9. The van der Waals surface area contributed by atoms with Gasteiger partial charge in [0.25, 0.3) is 5.91 Å². The van der Waals surface area contributed by atoms with E-state index in [-0.39, 0.29) is 17.6 Å². The van der Waals surface area contributed by atoms with Crippen LogP contribution in [0.4, 0.5) is 0 Å². The van der Waals surface area contributed by atoms with Crippen molar-refractivity contribution in [1.29, 1.82) is 0 Å². The van der Waals surface area contributed by atoms with E-state index in [0.717, 1.165) is 19.3 Å². The first kappa shape index (κ1) is 17.3. The number of aliphatic hydroxyl groups is 1. The molecule has 7 nitrogen and oxygen atoms in total. The zero-order chi connectivity index (χ0) is 17.8. The highest BCUT2D eigenvalue weighted by Gasteiger charge is 2.26. The molecule has 0 unspecified atom stereocenters. The van der Waals surface area contributed by atoms with E-state index >= 15 is 0 Å². The first-order chi connectivity index (χ1) is 12.1. The molecule has 3 rings (SSSR count). The number of carbonyl (C=O) groups excluding carboxylic acids is 1. The molecule has 2 aromatic rings. The maximum absolute atomic E-state index is 12.4. The zero-order valence-corrected chi connectivity index (χ0v) is 14.3. The van der Waals surface area contributed by atoms with Crippen molar-refractivity contribution >= 4 is 5.91 Å². The van der Waals surface area contributed by atoms with Crippen LogP contribution in [0.3, 0.4) is 0 Å². The Morgan fingerprint density at radius 1 is 1.24 bits per heavy atom. The van der Waals surface area contributed by atoms with E-state index < -0.39 is 6.10 Å². The van der Waals surface area contributed by atoms with Gasteiger partial charge in [-0.25, -0.2) is 0 Å². The second kappa shape index (κ2) is 7.57. The average molecular weight is 346 g/mol. The van der Waals surface area contributed by atoms with Gasteiger partial charge in [-0.05, 0) is 31.0 Å². The molecular weight excluding hydrogens is 324 g/mol. The average Bonchev–Trinajstić information content (AvgIpc) is 3.13. The van der Waals surface area contributed by atoms with E-state index in [9.17, 15) is 9.90 Å². The number of aliphatic hydroxyl groups excluding tert-OH is 1. The number of carbonyl (C=O) groups is 1. The Hall–Kier alpha value is -2.54. The first-order valence-corrected chi connectivity index (χ1v) is 8.30. The Balaban J connectivity index is 1.79. The lowest BCUT2D eigenvalue weighted by Gasteiger charge is -2.27. The van der Waals surface area contributed by atoms with Crippen LogP contribution in [0, 0.1) is 0 Å². The van der Waals surface area contributed by atoms with Crippen molar-refractivity contribution in [3.8, 4) is 22.8 Å². The van der Waals surface area contributed by atoms with Crippen molar-refractivity contribution in [2.24, 2.45) is 0 Å². The minimum absolute atomic E-state index is 0.164. The third-order valence-corrected chi connectivity index (χ3v) is 4.46. The third-order valence-electron chi connectivity index (χ3n) is 4.46. The van der Waals surface area contributed by atoms with Gasteiger partial charge in [0.05, 0.1) is 31.9 Å². The standard InChI is InChI=1S/C18H22N2O5/c1-23-11-7-8-16(24-2)12(9-11)17-10-14(20-25-17)18(22)19-13-5-3-4-6-15(13)21/h7-10,13,15,21H,3-6H2,1-2H3,(H,19,22)/t13-,15+/m1/s1. The molecule has 2 atom stereocenters. The summed E-state index contributed by atoms with van der Waals surface area (Å²) in [5, 5.41) is 16.7. The molecule has 0 radical (unpaired) electrons. The van der Waals surface area contributed by atoms with Crippen LogP contribution in [0.25, 0.3) is 11.3 Å². The minimum Gasteiger partial charge on any atom is -0.497 e. The first-order valence-electron chi connectivity index (χ1n) is 8.30. The molecule has 0 spiro atoms. The van der Waals surface area contributed by atoms with Crippen molar-refractivity contribution in [2.75, 3.05) is 14.2 Å². The summed E-state index contributed by atoms with van der Waals surface area (Å²) in [5.41, 5.74) is 0.809. The van der Waals surface area contributed by atoms with Crippen LogP contribution in [-0.4, -0.2) is 42.5 Å². The number of nitrogens with zero attached hydrogens (tertiary/aromatic N) is 1. The molecule has 0 saturated heterocycles. The second-order valence-electron chi connectivity index (χ2n) is 6.07. The molecule has 134 valence electrons. The fourth-order valence-corrected chi connectivity index (χ4v) is 3.04. The van der Waals surface area contributed by atoms with Gasteiger partial charge in [-0.2, -0.15) is 0 Å². The molecule has 2 N–H and O–H groups in total. The van der Waals surface area contributed by atoms with Crippen LogP contribution in [0.5, 0.6) is 11.5 Å². The number of nitrogens with one attached hydrogen (secondary N) is 1. The van der Waals surface area contributed by atoms with E-state index in [1.807, 2.05) is 0 Å². The second-order valence-corrected chi connectivity index (χ2v) is 6.07. The largest absolute Gasteiger partial charge is 0.497 e. The molecule has 1 aliphatic rings. The fraction of sp³-hybridized carbons (Fsp3) is 0.444. The summed E-state index contributed by atoms with van der Waals surface area (Å²) in [6, 6.07) is 6.60. The van der Waals surface area contributed by atoms with Gasteiger partial charge in [0.1, 0.15) is 11.5 Å². The monoisotopic (exact) mass is 346 g/mol. The topological polar surface area (TPSA) is 93.8 Å². The van der Waals surface area contributed by atoms with Crippen LogP contribution in [0.2, 0.25) is 0 Å². The number of rotatable bonds is 5. The molecule has 1 aromatic carbocycles. The van der Waals surface area contributed by atoms with Crippen molar-refractivity contribution < 1.29 is 23.9 Å². The van der Waals surface area contributed by atoms with Gasteiger partial charge >= 0.3 is 0 Å². The smallest absolute Gasteiger partial charge is 0.273 e. The van der Waals surface area contributed by atoms with Crippen molar-refractivity contribution in [3.05, 3.63) is 30.0 Å².